The molecular formula is C23H25F4N3O3. The maximum absolute atomic E-state index is 14.0. The van der Waals surface area contributed by atoms with Gasteiger partial charge in [-0.05, 0) is 26.0 Å². The zero-order valence-electron chi connectivity index (χ0n) is 18.7. The third-order valence-corrected chi connectivity index (χ3v) is 4.77. The number of halogens is 4. The van der Waals surface area contributed by atoms with Crippen molar-refractivity contribution in [3.05, 3.63) is 65.6 Å². The molecule has 33 heavy (non-hydrogen) atoms. The minimum Gasteiger partial charge on any atom is -0.473 e. The van der Waals surface area contributed by atoms with Gasteiger partial charge in [-0.2, -0.15) is 13.2 Å². The lowest BCUT2D eigenvalue weighted by Crippen LogP contribution is -2.42. The minimum atomic E-state index is -4.71. The first-order chi connectivity index (χ1) is 15.5. The summed E-state index contributed by atoms with van der Waals surface area (Å²) in [7, 11) is 1.56. The number of likely N-dealkylation sites (N-methyl/N-ethyl adjacent to an activating group) is 1. The van der Waals surface area contributed by atoms with Gasteiger partial charge in [0.25, 0.3) is 5.91 Å². The van der Waals surface area contributed by atoms with Crippen LogP contribution >= 0.6 is 0 Å². The summed E-state index contributed by atoms with van der Waals surface area (Å²) in [6.45, 7) is 9.06. The molecule has 0 aliphatic rings. The van der Waals surface area contributed by atoms with Crippen LogP contribution in [0.1, 0.15) is 42.3 Å². The van der Waals surface area contributed by atoms with E-state index in [0.29, 0.717) is 35.8 Å². The average Bonchev–Trinajstić information content (AvgIpc) is 2.77. The lowest BCUT2D eigenvalue weighted by molar-refractivity contribution is -0.138. The average molecular weight is 467 g/mol. The molecule has 0 saturated carbocycles. The third-order valence-electron chi connectivity index (χ3n) is 4.77. The molecule has 1 atom stereocenters. The Kier molecular flexibility index (Phi) is 8.56. The van der Waals surface area contributed by atoms with Crippen LogP contribution in [-0.4, -0.2) is 47.9 Å². The van der Waals surface area contributed by atoms with Crippen LogP contribution in [-0.2, 0) is 10.9 Å². The molecule has 0 radical (unpaired) electrons. The molecule has 0 spiro atoms. The number of hydrogen-bond donors (Lipinski definition) is 0. The molecule has 1 heterocycles. The number of aliphatic imine (C=N–C) groups is 1. The normalized spacial score (nSPS) is 12.8. The molecule has 1 aromatic heterocycles. The summed E-state index contributed by atoms with van der Waals surface area (Å²) in [5, 5.41) is 0. The van der Waals surface area contributed by atoms with E-state index < -0.39 is 29.5 Å². The van der Waals surface area contributed by atoms with E-state index in [4.69, 9.17) is 9.47 Å². The van der Waals surface area contributed by atoms with E-state index in [1.807, 2.05) is 0 Å². The molecule has 1 amide bonds. The number of nitrogens with zero attached hydrogens (tertiary/aromatic N) is 3. The van der Waals surface area contributed by atoms with Crippen LogP contribution in [0.25, 0.3) is 5.76 Å². The zero-order chi connectivity index (χ0) is 24.8. The van der Waals surface area contributed by atoms with Crippen molar-refractivity contribution in [2.45, 2.75) is 33.0 Å². The molecule has 0 saturated heterocycles. The van der Waals surface area contributed by atoms with Crippen molar-refractivity contribution >= 4 is 17.6 Å². The van der Waals surface area contributed by atoms with Crippen LogP contribution in [0.4, 0.5) is 17.6 Å². The quantitative estimate of drug-likeness (QED) is 0.232. The van der Waals surface area contributed by atoms with Gasteiger partial charge in [-0.1, -0.05) is 24.8 Å². The van der Waals surface area contributed by atoms with Gasteiger partial charge in [0, 0.05) is 32.3 Å². The number of carbonyl (C=O) groups excluding carboxylic acids is 1. The van der Waals surface area contributed by atoms with Gasteiger partial charge in [0.15, 0.2) is 11.7 Å². The molecule has 0 aliphatic heterocycles. The van der Waals surface area contributed by atoms with Crippen molar-refractivity contribution in [3.8, 4) is 5.88 Å². The number of ether oxygens (including phenoxy) is 2. The Morgan fingerprint density at radius 2 is 1.91 bits per heavy atom. The molecule has 2 aromatic rings. The summed E-state index contributed by atoms with van der Waals surface area (Å²) in [6.07, 6.45) is -4.22. The molecule has 0 fully saturated rings. The molecular weight excluding hydrogens is 442 g/mol. The number of alkyl halides is 3. The second-order valence-corrected chi connectivity index (χ2v) is 7.07. The summed E-state index contributed by atoms with van der Waals surface area (Å²) in [4.78, 5) is 22.1. The Hall–Kier alpha value is -3.43. The third kappa shape index (κ3) is 6.53. The number of aromatic nitrogens is 1. The van der Waals surface area contributed by atoms with Gasteiger partial charge in [-0.3, -0.25) is 9.79 Å². The first-order valence-electron chi connectivity index (χ1n) is 10.1. The van der Waals surface area contributed by atoms with E-state index in [-0.39, 0.29) is 18.3 Å². The van der Waals surface area contributed by atoms with E-state index in [1.54, 1.807) is 52.1 Å². The monoisotopic (exact) mass is 467 g/mol. The number of rotatable bonds is 8. The van der Waals surface area contributed by atoms with E-state index in [9.17, 15) is 22.4 Å². The first kappa shape index (κ1) is 25.8. The summed E-state index contributed by atoms with van der Waals surface area (Å²) in [5.74, 6) is -1.53. The van der Waals surface area contributed by atoms with Crippen LogP contribution in [0, 0.1) is 5.82 Å². The number of amides is 1. The number of carbonyl (C=O) groups is 1. The summed E-state index contributed by atoms with van der Waals surface area (Å²) in [6, 6.07) is 6.51. The van der Waals surface area contributed by atoms with E-state index in [0.717, 1.165) is 0 Å². The highest BCUT2D eigenvalue weighted by atomic mass is 19.4. The van der Waals surface area contributed by atoms with Crippen molar-refractivity contribution in [1.82, 2.24) is 9.88 Å². The fourth-order valence-electron chi connectivity index (χ4n) is 2.98. The van der Waals surface area contributed by atoms with Crippen molar-refractivity contribution in [2.75, 3.05) is 20.2 Å². The topological polar surface area (TPSA) is 64.0 Å². The maximum atomic E-state index is 14.0. The molecule has 1 aromatic carbocycles. The number of hydrogen-bond acceptors (Lipinski definition) is 5. The van der Waals surface area contributed by atoms with Crippen LogP contribution in [0.3, 0.4) is 0 Å². The SMILES string of the molecule is C=C(O/C(C)=N\C)c1ccccc1C(=O)N(CC)[C@@H](C)COc1ncc(C(F)(F)F)cc1F. The van der Waals surface area contributed by atoms with Gasteiger partial charge in [0.1, 0.15) is 12.4 Å². The fourth-order valence-corrected chi connectivity index (χ4v) is 2.98. The van der Waals surface area contributed by atoms with E-state index >= 15 is 0 Å². The highest BCUT2D eigenvalue weighted by Crippen LogP contribution is 2.30. The van der Waals surface area contributed by atoms with Crippen LogP contribution in [0.2, 0.25) is 0 Å². The molecule has 0 unspecified atom stereocenters. The number of pyridine rings is 1. The Balaban J connectivity index is 2.17. The predicted octanol–water partition coefficient (Wildman–Crippen LogP) is 5.20. The highest BCUT2D eigenvalue weighted by molar-refractivity contribution is 5.99. The minimum absolute atomic E-state index is 0.184. The summed E-state index contributed by atoms with van der Waals surface area (Å²) in [5.41, 5.74) is -0.403. The lowest BCUT2D eigenvalue weighted by Gasteiger charge is -2.29. The van der Waals surface area contributed by atoms with E-state index in [2.05, 4.69) is 16.6 Å². The smallest absolute Gasteiger partial charge is 0.417 e. The van der Waals surface area contributed by atoms with Crippen LogP contribution < -0.4 is 4.74 Å². The fraction of sp³-hybridized carbons (Fsp3) is 0.348. The molecule has 2 rings (SSSR count). The Morgan fingerprint density at radius 1 is 1.27 bits per heavy atom. The molecule has 6 nitrogen and oxygen atoms in total. The van der Waals surface area contributed by atoms with Gasteiger partial charge >= 0.3 is 6.18 Å². The van der Waals surface area contributed by atoms with E-state index in [1.165, 1.54) is 4.90 Å². The second kappa shape index (κ2) is 10.9. The summed E-state index contributed by atoms with van der Waals surface area (Å²) >= 11 is 0. The van der Waals surface area contributed by atoms with Crippen molar-refractivity contribution in [3.63, 3.8) is 0 Å². The van der Waals surface area contributed by atoms with Gasteiger partial charge in [0.2, 0.25) is 5.88 Å². The van der Waals surface area contributed by atoms with Gasteiger partial charge in [-0.25, -0.2) is 9.37 Å². The lowest BCUT2D eigenvalue weighted by atomic mass is 10.0. The first-order valence-corrected chi connectivity index (χ1v) is 10.1. The zero-order valence-corrected chi connectivity index (χ0v) is 18.7. The maximum Gasteiger partial charge on any atom is 0.417 e. The van der Waals surface area contributed by atoms with Crippen molar-refractivity contribution in [2.24, 2.45) is 4.99 Å². The van der Waals surface area contributed by atoms with Gasteiger partial charge in [-0.15, -0.1) is 0 Å². The van der Waals surface area contributed by atoms with Gasteiger partial charge in [0.05, 0.1) is 17.2 Å². The number of benzene rings is 1. The Morgan fingerprint density at radius 3 is 2.45 bits per heavy atom. The molecule has 10 heteroatoms. The van der Waals surface area contributed by atoms with Crippen LogP contribution in [0.5, 0.6) is 5.88 Å². The standard InChI is InChI=1S/C23H25F4N3O3/c1-6-30(14(2)13-32-21-20(24)11-17(12-29-21)23(25,26)27)22(31)19-10-8-7-9-18(19)15(3)33-16(4)28-5/h7-12,14H,3,6,13H2,1-2,4-5H3/b28-16-/t14-/m0/s1. The Bertz CT molecular complexity index is 1040. The molecule has 0 bridgehead atoms. The second-order valence-electron chi connectivity index (χ2n) is 7.07. The molecule has 0 aliphatic carbocycles. The van der Waals surface area contributed by atoms with Gasteiger partial charge < -0.3 is 14.4 Å². The largest absolute Gasteiger partial charge is 0.473 e. The van der Waals surface area contributed by atoms with Crippen molar-refractivity contribution in [1.29, 1.82) is 0 Å². The Labute approximate surface area is 189 Å². The predicted molar refractivity (Wildman–Crippen MR) is 116 cm³/mol. The molecule has 0 N–H and O–H groups in total. The molecule has 178 valence electrons. The summed E-state index contributed by atoms with van der Waals surface area (Å²) < 4.78 is 62.9. The van der Waals surface area contributed by atoms with Crippen LogP contribution in [0.15, 0.2) is 48.1 Å². The highest BCUT2D eigenvalue weighted by Gasteiger charge is 2.32. The van der Waals surface area contributed by atoms with Crippen molar-refractivity contribution < 1.29 is 31.8 Å².